The van der Waals surface area contributed by atoms with E-state index in [0.717, 1.165) is 42.8 Å². The minimum atomic E-state index is -0.0130. The van der Waals surface area contributed by atoms with Crippen molar-refractivity contribution >= 4 is 16.6 Å². The van der Waals surface area contributed by atoms with Crippen LogP contribution in [0.5, 0.6) is 0 Å². The van der Waals surface area contributed by atoms with Crippen LogP contribution in [-0.4, -0.2) is 47.7 Å². The zero-order valence-electron chi connectivity index (χ0n) is 14.6. The van der Waals surface area contributed by atoms with Crippen molar-refractivity contribution in [3.05, 3.63) is 59.1 Å². The molecule has 0 unspecified atom stereocenters. The Morgan fingerprint density at radius 3 is 2.28 bits per heavy atom. The normalized spacial score (nSPS) is 15.7. The van der Waals surface area contributed by atoms with Crippen molar-refractivity contribution in [3.63, 3.8) is 0 Å². The summed E-state index contributed by atoms with van der Waals surface area (Å²) >= 11 is 0. The average molecular weight is 334 g/mol. The summed E-state index contributed by atoms with van der Waals surface area (Å²) in [5.74, 6) is 0. The molecule has 1 aliphatic rings. The van der Waals surface area contributed by atoms with Crippen LogP contribution in [0.1, 0.15) is 0 Å². The standard InChI is InChI=1S/C20H22N4O/c1-22-9-11-24(12-10-22)17-6-3-15(4-7-17)16-5-8-19-18(13-16)20(25)23(2)14-21-19/h3-8,13-14H,9-12H2,1-2H3. The minimum absolute atomic E-state index is 0.0130. The maximum atomic E-state index is 12.3. The molecule has 1 fully saturated rings. The molecule has 4 rings (SSSR count). The average Bonchev–Trinajstić information content (AvgIpc) is 2.65. The first kappa shape index (κ1) is 15.8. The van der Waals surface area contributed by atoms with Crippen LogP contribution in [-0.2, 0) is 7.05 Å². The predicted octanol–water partition coefficient (Wildman–Crippen LogP) is 2.35. The first-order chi connectivity index (χ1) is 12.1. The van der Waals surface area contributed by atoms with E-state index in [1.807, 2.05) is 18.2 Å². The summed E-state index contributed by atoms with van der Waals surface area (Å²) in [5.41, 5.74) is 4.14. The quantitative estimate of drug-likeness (QED) is 0.721. The van der Waals surface area contributed by atoms with E-state index in [9.17, 15) is 4.79 Å². The third-order valence-electron chi connectivity index (χ3n) is 4.99. The summed E-state index contributed by atoms with van der Waals surface area (Å²) in [5, 5.41) is 0.658. The number of fused-ring (bicyclic) bond motifs is 1. The van der Waals surface area contributed by atoms with E-state index in [2.05, 4.69) is 46.1 Å². The second-order valence-electron chi connectivity index (χ2n) is 6.73. The number of aromatic nitrogens is 2. The van der Waals surface area contributed by atoms with Crippen LogP contribution in [0, 0.1) is 0 Å². The molecule has 2 aromatic carbocycles. The van der Waals surface area contributed by atoms with Crippen LogP contribution >= 0.6 is 0 Å². The van der Waals surface area contributed by atoms with E-state index < -0.39 is 0 Å². The van der Waals surface area contributed by atoms with Gasteiger partial charge in [0.2, 0.25) is 0 Å². The summed E-state index contributed by atoms with van der Waals surface area (Å²) in [6.45, 7) is 4.33. The monoisotopic (exact) mass is 334 g/mol. The molecule has 128 valence electrons. The third kappa shape index (κ3) is 3.03. The molecule has 1 aliphatic heterocycles. The fourth-order valence-electron chi connectivity index (χ4n) is 3.32. The summed E-state index contributed by atoms with van der Waals surface area (Å²) in [6, 6.07) is 14.5. The van der Waals surface area contributed by atoms with Gasteiger partial charge in [-0.25, -0.2) is 4.98 Å². The van der Waals surface area contributed by atoms with Crippen molar-refractivity contribution in [2.24, 2.45) is 7.05 Å². The Morgan fingerprint density at radius 1 is 0.880 bits per heavy atom. The van der Waals surface area contributed by atoms with Crippen molar-refractivity contribution in [2.45, 2.75) is 0 Å². The summed E-state index contributed by atoms with van der Waals surface area (Å²) < 4.78 is 1.52. The molecule has 0 saturated carbocycles. The van der Waals surface area contributed by atoms with Crippen LogP contribution in [0.15, 0.2) is 53.6 Å². The lowest BCUT2D eigenvalue weighted by Crippen LogP contribution is -2.44. The van der Waals surface area contributed by atoms with E-state index >= 15 is 0 Å². The molecule has 0 aliphatic carbocycles. The SMILES string of the molecule is CN1CCN(c2ccc(-c3ccc4ncn(C)c(=O)c4c3)cc2)CC1. The number of likely N-dealkylation sites (N-methyl/N-ethyl adjacent to an activating group) is 1. The van der Waals surface area contributed by atoms with Gasteiger partial charge in [-0.3, -0.25) is 4.79 Å². The van der Waals surface area contributed by atoms with Crippen LogP contribution in [0.25, 0.3) is 22.0 Å². The topological polar surface area (TPSA) is 41.4 Å². The Morgan fingerprint density at radius 2 is 1.56 bits per heavy atom. The van der Waals surface area contributed by atoms with Gasteiger partial charge in [-0.05, 0) is 42.4 Å². The van der Waals surface area contributed by atoms with E-state index in [4.69, 9.17) is 0 Å². The number of nitrogens with zero attached hydrogens (tertiary/aromatic N) is 4. The van der Waals surface area contributed by atoms with Crippen LogP contribution in [0.3, 0.4) is 0 Å². The predicted molar refractivity (Wildman–Crippen MR) is 102 cm³/mol. The molecule has 1 aromatic heterocycles. The molecule has 0 atom stereocenters. The second-order valence-corrected chi connectivity index (χ2v) is 6.73. The fourth-order valence-corrected chi connectivity index (χ4v) is 3.32. The molecule has 1 saturated heterocycles. The Bertz CT molecular complexity index is 954. The molecule has 3 aromatic rings. The molecule has 0 spiro atoms. The van der Waals surface area contributed by atoms with E-state index in [0.29, 0.717) is 5.39 Å². The van der Waals surface area contributed by atoms with Gasteiger partial charge in [0.25, 0.3) is 5.56 Å². The van der Waals surface area contributed by atoms with Crippen molar-refractivity contribution < 1.29 is 0 Å². The number of aryl methyl sites for hydroxylation is 1. The smallest absolute Gasteiger partial charge is 0.260 e. The van der Waals surface area contributed by atoms with E-state index in [-0.39, 0.29) is 5.56 Å². The van der Waals surface area contributed by atoms with Crippen LogP contribution in [0.2, 0.25) is 0 Å². The summed E-state index contributed by atoms with van der Waals surface area (Å²) in [7, 11) is 3.89. The molecule has 0 bridgehead atoms. The van der Waals surface area contributed by atoms with Crippen molar-refractivity contribution in [1.82, 2.24) is 14.5 Å². The molecule has 5 heteroatoms. The highest BCUT2D eigenvalue weighted by Gasteiger charge is 2.14. The van der Waals surface area contributed by atoms with Gasteiger partial charge in [0.1, 0.15) is 0 Å². The van der Waals surface area contributed by atoms with Crippen molar-refractivity contribution in [1.29, 1.82) is 0 Å². The van der Waals surface area contributed by atoms with Crippen molar-refractivity contribution in [3.8, 4) is 11.1 Å². The van der Waals surface area contributed by atoms with E-state index in [1.54, 1.807) is 13.4 Å². The molecule has 5 nitrogen and oxygen atoms in total. The lowest BCUT2D eigenvalue weighted by molar-refractivity contribution is 0.313. The number of hydrogen-bond donors (Lipinski definition) is 0. The zero-order chi connectivity index (χ0) is 17.4. The summed E-state index contributed by atoms with van der Waals surface area (Å²) in [6.07, 6.45) is 1.56. The molecular weight excluding hydrogens is 312 g/mol. The molecule has 2 heterocycles. The highest BCUT2D eigenvalue weighted by Crippen LogP contribution is 2.25. The van der Waals surface area contributed by atoms with Crippen LogP contribution in [0.4, 0.5) is 5.69 Å². The van der Waals surface area contributed by atoms with Gasteiger partial charge in [0.05, 0.1) is 17.2 Å². The van der Waals surface area contributed by atoms with Gasteiger partial charge < -0.3 is 14.4 Å². The first-order valence-electron chi connectivity index (χ1n) is 8.61. The zero-order valence-corrected chi connectivity index (χ0v) is 14.6. The fraction of sp³-hybridized carbons (Fsp3) is 0.300. The van der Waals surface area contributed by atoms with Gasteiger partial charge in [-0.1, -0.05) is 18.2 Å². The maximum absolute atomic E-state index is 12.3. The van der Waals surface area contributed by atoms with Gasteiger partial charge in [0, 0.05) is 38.9 Å². The van der Waals surface area contributed by atoms with Crippen molar-refractivity contribution in [2.75, 3.05) is 38.1 Å². The molecule has 0 N–H and O–H groups in total. The largest absolute Gasteiger partial charge is 0.369 e. The first-order valence-corrected chi connectivity index (χ1v) is 8.61. The Hall–Kier alpha value is -2.66. The third-order valence-corrected chi connectivity index (χ3v) is 4.99. The molecule has 25 heavy (non-hydrogen) atoms. The number of rotatable bonds is 2. The highest BCUT2D eigenvalue weighted by atomic mass is 16.1. The number of anilines is 1. The Labute approximate surface area is 147 Å². The van der Waals surface area contributed by atoms with E-state index in [1.165, 1.54) is 10.3 Å². The van der Waals surface area contributed by atoms with Gasteiger partial charge in [-0.2, -0.15) is 0 Å². The number of piperazine rings is 1. The summed E-state index contributed by atoms with van der Waals surface area (Å²) in [4.78, 5) is 21.4. The lowest BCUT2D eigenvalue weighted by Gasteiger charge is -2.34. The molecule has 0 radical (unpaired) electrons. The Balaban J connectivity index is 1.65. The number of hydrogen-bond acceptors (Lipinski definition) is 4. The number of benzene rings is 2. The second kappa shape index (κ2) is 6.33. The Kier molecular flexibility index (Phi) is 4.01. The lowest BCUT2D eigenvalue weighted by atomic mass is 10.0. The molecular formula is C20H22N4O. The maximum Gasteiger partial charge on any atom is 0.260 e. The van der Waals surface area contributed by atoms with Gasteiger partial charge in [0.15, 0.2) is 0 Å². The van der Waals surface area contributed by atoms with Gasteiger partial charge in [-0.15, -0.1) is 0 Å². The van der Waals surface area contributed by atoms with Gasteiger partial charge >= 0.3 is 0 Å². The highest BCUT2D eigenvalue weighted by molar-refractivity contribution is 5.83. The minimum Gasteiger partial charge on any atom is -0.369 e. The molecule has 0 amide bonds. The van der Waals surface area contributed by atoms with Crippen LogP contribution < -0.4 is 10.5 Å².